The zero-order valence-corrected chi connectivity index (χ0v) is 13.3. The molecule has 0 unspecified atom stereocenters. The Morgan fingerprint density at radius 3 is 2.14 bits per heavy atom. The lowest BCUT2D eigenvalue weighted by atomic mass is 10.0. The van der Waals surface area contributed by atoms with Crippen LogP contribution in [-0.4, -0.2) is 11.8 Å². The molecule has 2 N–H and O–H groups in total. The van der Waals surface area contributed by atoms with Crippen LogP contribution in [0.5, 0.6) is 0 Å². The van der Waals surface area contributed by atoms with Gasteiger partial charge in [-0.3, -0.25) is 9.59 Å². The SMILES string of the molecule is CC(=O)Nc1cccc(C(=O)Nc2c(C)cc(C)cc2C)c1. The molecule has 0 atom stereocenters. The van der Waals surface area contributed by atoms with E-state index in [2.05, 4.69) is 10.6 Å². The maximum atomic E-state index is 12.4. The Morgan fingerprint density at radius 2 is 1.55 bits per heavy atom. The number of anilines is 2. The van der Waals surface area contributed by atoms with E-state index in [0.29, 0.717) is 11.3 Å². The molecular formula is C18H20N2O2. The molecule has 0 aliphatic rings. The van der Waals surface area contributed by atoms with Crippen LogP contribution >= 0.6 is 0 Å². The van der Waals surface area contributed by atoms with Gasteiger partial charge in [-0.1, -0.05) is 23.8 Å². The number of rotatable bonds is 3. The van der Waals surface area contributed by atoms with Crippen molar-refractivity contribution in [2.75, 3.05) is 10.6 Å². The summed E-state index contributed by atoms with van der Waals surface area (Å²) < 4.78 is 0. The molecule has 0 aliphatic heterocycles. The Morgan fingerprint density at radius 1 is 0.909 bits per heavy atom. The molecule has 0 radical (unpaired) electrons. The quantitative estimate of drug-likeness (QED) is 0.904. The highest BCUT2D eigenvalue weighted by Crippen LogP contribution is 2.23. The zero-order valence-electron chi connectivity index (χ0n) is 13.3. The lowest BCUT2D eigenvalue weighted by Crippen LogP contribution is -2.14. The first kappa shape index (κ1) is 15.8. The predicted molar refractivity (Wildman–Crippen MR) is 89.4 cm³/mol. The summed E-state index contributed by atoms with van der Waals surface area (Å²) in [6.07, 6.45) is 0. The average Bonchev–Trinajstić information content (AvgIpc) is 2.42. The second-order valence-electron chi connectivity index (χ2n) is 5.49. The van der Waals surface area contributed by atoms with Crippen LogP contribution in [-0.2, 0) is 4.79 Å². The first-order chi connectivity index (χ1) is 10.4. The Bertz CT molecular complexity index is 713. The standard InChI is InChI=1S/C18H20N2O2/c1-11-8-12(2)17(13(3)9-11)20-18(22)15-6-5-7-16(10-15)19-14(4)21/h5-10H,1-4H3,(H,19,21)(H,20,22). The number of aryl methyl sites for hydroxylation is 3. The summed E-state index contributed by atoms with van der Waals surface area (Å²) in [4.78, 5) is 23.5. The third-order valence-corrected chi connectivity index (χ3v) is 3.36. The van der Waals surface area contributed by atoms with Crippen LogP contribution in [0.15, 0.2) is 36.4 Å². The van der Waals surface area contributed by atoms with Gasteiger partial charge in [0.05, 0.1) is 0 Å². The van der Waals surface area contributed by atoms with Gasteiger partial charge in [0, 0.05) is 23.9 Å². The lowest BCUT2D eigenvalue weighted by Gasteiger charge is -2.13. The van der Waals surface area contributed by atoms with Gasteiger partial charge in [-0.15, -0.1) is 0 Å². The normalized spacial score (nSPS) is 10.2. The highest BCUT2D eigenvalue weighted by Gasteiger charge is 2.11. The minimum absolute atomic E-state index is 0.164. The van der Waals surface area contributed by atoms with Crippen LogP contribution < -0.4 is 10.6 Å². The minimum atomic E-state index is -0.192. The van der Waals surface area contributed by atoms with Gasteiger partial charge >= 0.3 is 0 Å². The molecular weight excluding hydrogens is 276 g/mol. The van der Waals surface area contributed by atoms with Crippen molar-refractivity contribution in [2.24, 2.45) is 0 Å². The summed E-state index contributed by atoms with van der Waals surface area (Å²) in [7, 11) is 0. The topological polar surface area (TPSA) is 58.2 Å². The van der Waals surface area contributed by atoms with E-state index in [4.69, 9.17) is 0 Å². The maximum Gasteiger partial charge on any atom is 0.255 e. The van der Waals surface area contributed by atoms with Crippen molar-refractivity contribution in [3.05, 3.63) is 58.7 Å². The van der Waals surface area contributed by atoms with E-state index in [9.17, 15) is 9.59 Å². The van der Waals surface area contributed by atoms with Crippen LogP contribution in [0.3, 0.4) is 0 Å². The summed E-state index contributed by atoms with van der Waals surface area (Å²) >= 11 is 0. The molecule has 2 rings (SSSR count). The van der Waals surface area contributed by atoms with Crippen molar-refractivity contribution in [1.82, 2.24) is 0 Å². The van der Waals surface area contributed by atoms with E-state index in [1.807, 2.05) is 32.9 Å². The Hall–Kier alpha value is -2.62. The molecule has 22 heavy (non-hydrogen) atoms. The van der Waals surface area contributed by atoms with E-state index in [1.165, 1.54) is 12.5 Å². The number of hydrogen-bond donors (Lipinski definition) is 2. The van der Waals surface area contributed by atoms with E-state index < -0.39 is 0 Å². The summed E-state index contributed by atoms with van der Waals surface area (Å²) in [6.45, 7) is 7.42. The number of amides is 2. The molecule has 0 saturated carbocycles. The van der Waals surface area contributed by atoms with Gasteiger partial charge in [0.2, 0.25) is 5.91 Å². The first-order valence-electron chi connectivity index (χ1n) is 7.13. The second-order valence-corrected chi connectivity index (χ2v) is 5.49. The van der Waals surface area contributed by atoms with Gasteiger partial charge in [-0.25, -0.2) is 0 Å². The molecule has 2 aromatic carbocycles. The second kappa shape index (κ2) is 6.43. The van der Waals surface area contributed by atoms with E-state index >= 15 is 0 Å². The predicted octanol–water partition coefficient (Wildman–Crippen LogP) is 3.82. The van der Waals surface area contributed by atoms with Crippen LogP contribution in [0.1, 0.15) is 34.0 Å². The molecule has 0 bridgehead atoms. The third-order valence-electron chi connectivity index (χ3n) is 3.36. The summed E-state index contributed by atoms with van der Waals surface area (Å²) in [5, 5.41) is 5.63. The fourth-order valence-corrected chi connectivity index (χ4v) is 2.50. The van der Waals surface area contributed by atoms with Crippen molar-refractivity contribution >= 4 is 23.2 Å². The van der Waals surface area contributed by atoms with Gasteiger partial charge in [0.15, 0.2) is 0 Å². The summed E-state index contributed by atoms with van der Waals surface area (Å²) in [5.41, 5.74) is 5.18. The highest BCUT2D eigenvalue weighted by atomic mass is 16.2. The van der Waals surface area contributed by atoms with Crippen molar-refractivity contribution in [2.45, 2.75) is 27.7 Å². The number of carbonyl (C=O) groups is 2. The van der Waals surface area contributed by atoms with Crippen LogP contribution in [0.25, 0.3) is 0 Å². The summed E-state index contributed by atoms with van der Waals surface area (Å²) in [5.74, 6) is -0.356. The monoisotopic (exact) mass is 296 g/mol. The molecule has 0 spiro atoms. The van der Waals surface area contributed by atoms with Gasteiger partial charge in [-0.05, 0) is 50.1 Å². The number of carbonyl (C=O) groups excluding carboxylic acids is 2. The van der Waals surface area contributed by atoms with Crippen molar-refractivity contribution in [1.29, 1.82) is 0 Å². The van der Waals surface area contributed by atoms with Crippen molar-refractivity contribution in [3.8, 4) is 0 Å². The van der Waals surface area contributed by atoms with E-state index in [1.54, 1.807) is 24.3 Å². The Balaban J connectivity index is 2.25. The van der Waals surface area contributed by atoms with Crippen LogP contribution in [0.4, 0.5) is 11.4 Å². The molecule has 0 fully saturated rings. The molecule has 0 saturated heterocycles. The van der Waals surface area contributed by atoms with Gasteiger partial charge in [-0.2, -0.15) is 0 Å². The zero-order chi connectivity index (χ0) is 16.3. The number of nitrogens with one attached hydrogen (secondary N) is 2. The molecule has 4 nitrogen and oxygen atoms in total. The molecule has 0 heterocycles. The molecule has 114 valence electrons. The minimum Gasteiger partial charge on any atom is -0.326 e. The lowest BCUT2D eigenvalue weighted by molar-refractivity contribution is -0.114. The molecule has 4 heteroatoms. The molecule has 2 aromatic rings. The average molecular weight is 296 g/mol. The van der Waals surface area contributed by atoms with E-state index in [-0.39, 0.29) is 11.8 Å². The fraction of sp³-hybridized carbons (Fsp3) is 0.222. The summed E-state index contributed by atoms with van der Waals surface area (Å²) in [6, 6.07) is 11.0. The smallest absolute Gasteiger partial charge is 0.255 e. The third kappa shape index (κ3) is 3.73. The molecule has 0 aromatic heterocycles. The van der Waals surface area contributed by atoms with Gasteiger partial charge in [0.1, 0.15) is 0 Å². The first-order valence-corrected chi connectivity index (χ1v) is 7.13. The van der Waals surface area contributed by atoms with Gasteiger partial charge < -0.3 is 10.6 Å². The maximum absolute atomic E-state index is 12.4. The van der Waals surface area contributed by atoms with Crippen molar-refractivity contribution in [3.63, 3.8) is 0 Å². The van der Waals surface area contributed by atoms with Crippen LogP contribution in [0.2, 0.25) is 0 Å². The fourth-order valence-electron chi connectivity index (χ4n) is 2.50. The van der Waals surface area contributed by atoms with Gasteiger partial charge in [0.25, 0.3) is 5.91 Å². The Kier molecular flexibility index (Phi) is 4.61. The van der Waals surface area contributed by atoms with Crippen molar-refractivity contribution < 1.29 is 9.59 Å². The molecule has 2 amide bonds. The number of benzene rings is 2. The number of hydrogen-bond acceptors (Lipinski definition) is 2. The molecule has 0 aliphatic carbocycles. The Labute approximate surface area is 130 Å². The van der Waals surface area contributed by atoms with E-state index in [0.717, 1.165) is 16.8 Å². The highest BCUT2D eigenvalue weighted by molar-refractivity contribution is 6.06. The van der Waals surface area contributed by atoms with Crippen LogP contribution in [0, 0.1) is 20.8 Å². The largest absolute Gasteiger partial charge is 0.326 e.